The predicted octanol–water partition coefficient (Wildman–Crippen LogP) is 1.50. The van der Waals surface area contributed by atoms with Gasteiger partial charge < -0.3 is 0 Å². The summed E-state index contributed by atoms with van der Waals surface area (Å²) in [6.45, 7) is 0.579. The molecule has 0 spiro atoms. The summed E-state index contributed by atoms with van der Waals surface area (Å²) in [5.41, 5.74) is 0. The number of hydrogen-bond donors (Lipinski definition) is 0. The van der Waals surface area contributed by atoms with Crippen LogP contribution in [0.4, 0.5) is 8.78 Å². The minimum atomic E-state index is -1.56. The number of alkyl halides is 2. The average molecular weight is 123 g/mol. The molecule has 49 valence electrons. The van der Waals surface area contributed by atoms with Crippen molar-refractivity contribution in [3.05, 3.63) is 0 Å². The molecular formula is C5H9F2O. The predicted molar refractivity (Wildman–Crippen MR) is 25.6 cm³/mol. The van der Waals surface area contributed by atoms with Crippen LogP contribution in [-0.4, -0.2) is 19.0 Å². The normalized spacial score (nSPS) is 18.0. The van der Waals surface area contributed by atoms with E-state index in [4.69, 9.17) is 0 Å². The summed E-state index contributed by atoms with van der Waals surface area (Å²) in [5.74, 6) is 0. The van der Waals surface area contributed by atoms with Gasteiger partial charge in [0.25, 0.3) is 0 Å². The minimum Gasteiger partial charge on any atom is -0.245 e. The Bertz CT molecular complexity index is 56.4. The molecule has 0 aromatic rings. The van der Waals surface area contributed by atoms with Gasteiger partial charge in [-0.3, -0.25) is 0 Å². The smallest absolute Gasteiger partial charge is 0.133 e. The fourth-order valence-electron chi connectivity index (χ4n) is 0.342. The van der Waals surface area contributed by atoms with E-state index in [2.05, 4.69) is 0 Å². The minimum absolute atomic E-state index is 0.211. The summed E-state index contributed by atoms with van der Waals surface area (Å²) in [4.78, 5) is 0. The van der Waals surface area contributed by atoms with Crippen LogP contribution in [0.5, 0.6) is 0 Å². The van der Waals surface area contributed by atoms with Gasteiger partial charge in [-0.1, -0.05) is 0 Å². The lowest BCUT2D eigenvalue weighted by Gasteiger charge is -2.04. The Morgan fingerprint density at radius 3 is 2.12 bits per heavy atom. The highest BCUT2D eigenvalue weighted by atomic mass is 19.2. The fraction of sp³-hybridized carbons (Fsp3) is 1.00. The van der Waals surface area contributed by atoms with E-state index < -0.39 is 19.0 Å². The largest absolute Gasteiger partial charge is 0.245 e. The zero-order chi connectivity index (χ0) is 6.57. The maximum Gasteiger partial charge on any atom is 0.133 e. The van der Waals surface area contributed by atoms with Gasteiger partial charge in [-0.25, -0.2) is 13.9 Å². The molecule has 0 aromatic heterocycles. The lowest BCUT2D eigenvalue weighted by atomic mass is 10.2. The first kappa shape index (κ1) is 7.82. The first-order valence-electron chi connectivity index (χ1n) is 2.54. The van der Waals surface area contributed by atoms with Crippen molar-refractivity contribution in [2.24, 2.45) is 0 Å². The number of rotatable bonds is 3. The number of hydrogen-bond acceptors (Lipinski definition) is 0. The van der Waals surface area contributed by atoms with E-state index in [9.17, 15) is 13.9 Å². The second kappa shape index (κ2) is 3.78. The Kier molecular flexibility index (Phi) is 3.69. The van der Waals surface area contributed by atoms with Crippen molar-refractivity contribution in [3.63, 3.8) is 0 Å². The third-order valence-corrected chi connectivity index (χ3v) is 0.892. The number of halogens is 2. The Labute approximate surface area is 47.3 Å². The van der Waals surface area contributed by atoms with E-state index in [0.29, 0.717) is 0 Å². The first-order chi connectivity index (χ1) is 3.68. The van der Waals surface area contributed by atoms with Gasteiger partial charge in [-0.2, -0.15) is 0 Å². The summed E-state index contributed by atoms with van der Waals surface area (Å²) < 4.78 is 23.7. The molecular weight excluding hydrogens is 114 g/mol. The maximum absolute atomic E-state index is 12.0. The van der Waals surface area contributed by atoms with Crippen LogP contribution in [-0.2, 0) is 5.11 Å². The van der Waals surface area contributed by atoms with E-state index in [-0.39, 0.29) is 6.42 Å². The van der Waals surface area contributed by atoms with Crippen LogP contribution in [0.1, 0.15) is 13.3 Å². The van der Waals surface area contributed by atoms with Gasteiger partial charge in [0.2, 0.25) is 0 Å². The van der Waals surface area contributed by atoms with Crippen molar-refractivity contribution in [3.8, 4) is 0 Å². The lowest BCUT2D eigenvalue weighted by Crippen LogP contribution is -2.13. The molecule has 0 aliphatic heterocycles. The van der Waals surface area contributed by atoms with Gasteiger partial charge >= 0.3 is 0 Å². The van der Waals surface area contributed by atoms with Crippen molar-refractivity contribution in [1.29, 1.82) is 0 Å². The van der Waals surface area contributed by atoms with Gasteiger partial charge in [-0.05, 0) is 6.92 Å². The zero-order valence-corrected chi connectivity index (χ0v) is 4.73. The SMILES string of the molecule is CC(F)C(F)CC[O]. The highest BCUT2D eigenvalue weighted by molar-refractivity contribution is 4.60. The highest BCUT2D eigenvalue weighted by Gasteiger charge is 2.13. The molecule has 2 unspecified atom stereocenters. The molecule has 8 heavy (non-hydrogen) atoms. The molecule has 0 heterocycles. The van der Waals surface area contributed by atoms with Crippen LogP contribution in [0.25, 0.3) is 0 Å². The monoisotopic (exact) mass is 123 g/mol. The molecule has 1 radical (unpaired) electrons. The summed E-state index contributed by atoms with van der Waals surface area (Å²) in [5, 5.41) is 9.64. The second-order valence-corrected chi connectivity index (χ2v) is 1.69. The summed E-state index contributed by atoms with van der Waals surface area (Å²) in [6, 6.07) is 0. The first-order valence-corrected chi connectivity index (χ1v) is 2.54. The molecule has 3 heteroatoms. The molecule has 0 bridgehead atoms. The Hall–Kier alpha value is -0.180. The van der Waals surface area contributed by atoms with Gasteiger partial charge in [0.05, 0.1) is 6.61 Å². The molecule has 0 fully saturated rings. The topological polar surface area (TPSA) is 19.9 Å². The van der Waals surface area contributed by atoms with Crippen molar-refractivity contribution in [2.45, 2.75) is 25.7 Å². The van der Waals surface area contributed by atoms with E-state index in [1.165, 1.54) is 0 Å². The van der Waals surface area contributed by atoms with Crippen LogP contribution in [0.15, 0.2) is 0 Å². The van der Waals surface area contributed by atoms with Gasteiger partial charge in [0.15, 0.2) is 0 Å². The van der Waals surface area contributed by atoms with E-state index in [1.54, 1.807) is 0 Å². The van der Waals surface area contributed by atoms with E-state index >= 15 is 0 Å². The molecule has 0 amide bonds. The van der Waals surface area contributed by atoms with Crippen molar-refractivity contribution >= 4 is 0 Å². The molecule has 0 aromatic carbocycles. The summed E-state index contributed by atoms with van der Waals surface area (Å²) in [6.07, 6.45) is -3.27. The molecule has 0 aliphatic carbocycles. The summed E-state index contributed by atoms with van der Waals surface area (Å²) >= 11 is 0. The molecule has 0 aliphatic rings. The molecule has 0 rings (SSSR count). The molecule has 0 saturated carbocycles. The highest BCUT2D eigenvalue weighted by Crippen LogP contribution is 2.05. The average Bonchev–Trinajstić information content (AvgIpc) is 1.67. The Morgan fingerprint density at radius 2 is 2.00 bits per heavy atom. The quantitative estimate of drug-likeness (QED) is 0.542. The maximum atomic E-state index is 12.0. The van der Waals surface area contributed by atoms with Crippen LogP contribution in [0.3, 0.4) is 0 Å². The molecule has 2 atom stereocenters. The van der Waals surface area contributed by atoms with Crippen LogP contribution >= 0.6 is 0 Å². The third-order valence-electron chi connectivity index (χ3n) is 0.892. The fourth-order valence-corrected chi connectivity index (χ4v) is 0.342. The lowest BCUT2D eigenvalue weighted by molar-refractivity contribution is 0.112. The molecule has 0 saturated heterocycles. The van der Waals surface area contributed by atoms with Crippen LogP contribution in [0.2, 0.25) is 0 Å². The van der Waals surface area contributed by atoms with Gasteiger partial charge in [0.1, 0.15) is 12.3 Å². The second-order valence-electron chi connectivity index (χ2n) is 1.69. The van der Waals surface area contributed by atoms with Gasteiger partial charge in [-0.15, -0.1) is 0 Å². The van der Waals surface area contributed by atoms with E-state index in [0.717, 1.165) is 6.92 Å². The Morgan fingerprint density at radius 1 is 1.50 bits per heavy atom. The molecule has 0 N–H and O–H groups in total. The van der Waals surface area contributed by atoms with Crippen molar-refractivity contribution < 1.29 is 13.9 Å². The van der Waals surface area contributed by atoms with E-state index in [1.807, 2.05) is 0 Å². The zero-order valence-electron chi connectivity index (χ0n) is 4.73. The van der Waals surface area contributed by atoms with Crippen LogP contribution < -0.4 is 0 Å². The Balaban J connectivity index is 3.17. The van der Waals surface area contributed by atoms with Gasteiger partial charge in [0, 0.05) is 6.42 Å². The van der Waals surface area contributed by atoms with Crippen molar-refractivity contribution in [1.82, 2.24) is 0 Å². The summed E-state index contributed by atoms with van der Waals surface area (Å²) in [7, 11) is 0. The van der Waals surface area contributed by atoms with Crippen LogP contribution in [0, 0.1) is 0 Å². The molecule has 1 nitrogen and oxygen atoms in total. The third kappa shape index (κ3) is 2.91. The van der Waals surface area contributed by atoms with Crippen molar-refractivity contribution in [2.75, 3.05) is 6.61 Å². The standard InChI is InChI=1S/C5H9F2O/c1-4(6)5(7)2-3-8/h4-5H,2-3H2,1H3.